The molecule has 2 fully saturated rings. The highest BCUT2D eigenvalue weighted by molar-refractivity contribution is 5.06. The summed E-state index contributed by atoms with van der Waals surface area (Å²) in [6.45, 7) is 0.823. The molecule has 3 heterocycles. The number of nitrogens with zero attached hydrogens (tertiary/aromatic N) is 2. The molecule has 0 saturated carbocycles. The summed E-state index contributed by atoms with van der Waals surface area (Å²) in [6.07, 6.45) is 7.22. The maximum absolute atomic E-state index is 12.0. The first-order chi connectivity index (χ1) is 10.1. The largest absolute Gasteiger partial charge is 0.393 e. The Morgan fingerprint density at radius 2 is 1.95 bits per heavy atom. The van der Waals surface area contributed by atoms with E-state index in [1.165, 1.54) is 13.5 Å². The number of piperidine rings is 2. The number of hydrogen-bond donors (Lipinski definition) is 2. The first-order valence-electron chi connectivity index (χ1n) is 7.77. The van der Waals surface area contributed by atoms with E-state index in [-0.39, 0.29) is 17.4 Å². The van der Waals surface area contributed by atoms with Gasteiger partial charge in [-0.2, -0.15) is 0 Å². The Labute approximate surface area is 123 Å². The molecule has 2 saturated heterocycles. The topological polar surface area (TPSA) is 78.3 Å². The summed E-state index contributed by atoms with van der Waals surface area (Å²) in [5, 5.41) is 9.91. The minimum Gasteiger partial charge on any atom is -0.393 e. The van der Waals surface area contributed by atoms with Crippen LogP contribution in [-0.4, -0.2) is 44.3 Å². The molecule has 2 aliphatic rings. The van der Waals surface area contributed by atoms with Gasteiger partial charge in [-0.25, -0.2) is 4.79 Å². The van der Waals surface area contributed by atoms with E-state index < -0.39 is 0 Å². The highest BCUT2D eigenvalue weighted by Gasteiger charge is 2.37. The van der Waals surface area contributed by atoms with Crippen LogP contribution in [0.4, 0.5) is 0 Å². The molecule has 1 aromatic heterocycles. The molecule has 3 atom stereocenters. The molecular weight excluding hydrogens is 270 g/mol. The van der Waals surface area contributed by atoms with Gasteiger partial charge in [0.1, 0.15) is 0 Å². The number of hydrogen-bond acceptors (Lipinski definition) is 4. The van der Waals surface area contributed by atoms with Crippen molar-refractivity contribution < 1.29 is 5.11 Å². The van der Waals surface area contributed by atoms with Gasteiger partial charge in [-0.1, -0.05) is 6.42 Å². The van der Waals surface area contributed by atoms with Gasteiger partial charge >= 0.3 is 5.69 Å². The van der Waals surface area contributed by atoms with Crippen LogP contribution in [0.15, 0.2) is 15.8 Å². The fraction of sp³-hybridized carbons (Fsp3) is 0.733. The van der Waals surface area contributed by atoms with Crippen molar-refractivity contribution in [2.45, 2.75) is 56.7 Å². The summed E-state index contributed by atoms with van der Waals surface area (Å²) < 4.78 is 1.12. The molecule has 1 aromatic rings. The van der Waals surface area contributed by atoms with Crippen molar-refractivity contribution >= 4 is 0 Å². The van der Waals surface area contributed by atoms with Crippen LogP contribution in [0.1, 0.15) is 37.7 Å². The third kappa shape index (κ3) is 2.82. The van der Waals surface area contributed by atoms with E-state index >= 15 is 0 Å². The van der Waals surface area contributed by atoms with E-state index in [2.05, 4.69) is 9.88 Å². The number of aromatic nitrogens is 2. The Kier molecular flexibility index (Phi) is 3.99. The van der Waals surface area contributed by atoms with Gasteiger partial charge in [-0.15, -0.1) is 0 Å². The highest BCUT2D eigenvalue weighted by Crippen LogP contribution is 2.33. The number of aliphatic hydroxyl groups excluding tert-OH is 1. The summed E-state index contributed by atoms with van der Waals surface area (Å²) in [7, 11) is 1.50. The van der Waals surface area contributed by atoms with E-state index in [4.69, 9.17) is 0 Å². The van der Waals surface area contributed by atoms with Crippen molar-refractivity contribution in [2.75, 3.05) is 6.54 Å². The third-order valence-electron chi connectivity index (χ3n) is 4.99. The number of aliphatic hydroxyl groups is 1. The van der Waals surface area contributed by atoms with Crippen LogP contribution >= 0.6 is 0 Å². The maximum Gasteiger partial charge on any atom is 0.328 e. The maximum atomic E-state index is 12.0. The molecule has 2 aliphatic heterocycles. The highest BCUT2D eigenvalue weighted by atomic mass is 16.3. The number of rotatable bonds is 3. The van der Waals surface area contributed by atoms with Gasteiger partial charge in [-0.3, -0.25) is 14.3 Å². The van der Waals surface area contributed by atoms with Gasteiger partial charge in [0.25, 0.3) is 5.56 Å². The molecule has 1 unspecified atom stereocenters. The third-order valence-corrected chi connectivity index (χ3v) is 4.99. The molecule has 2 N–H and O–H groups in total. The Balaban J connectivity index is 1.72. The van der Waals surface area contributed by atoms with Crippen molar-refractivity contribution in [2.24, 2.45) is 7.05 Å². The number of aromatic amines is 1. The van der Waals surface area contributed by atoms with Gasteiger partial charge in [-0.05, 0) is 32.1 Å². The van der Waals surface area contributed by atoms with Crippen molar-refractivity contribution in [1.82, 2.24) is 14.5 Å². The van der Waals surface area contributed by atoms with E-state index in [0.29, 0.717) is 24.1 Å². The molecule has 0 aromatic carbocycles. The average Bonchev–Trinajstić information content (AvgIpc) is 2.44. The summed E-state index contributed by atoms with van der Waals surface area (Å²) in [6, 6.07) is 0.887. The standard InChI is InChI=1S/C15H23N3O3/c1-17-14(20)10(9-16-15(17)21)5-6-18-11-3-2-4-12(18)8-13(19)7-11/h9,11-13,19H,2-8H2,1H3,(H,16,21)/t11-,12+,13?. The quantitative estimate of drug-likeness (QED) is 0.822. The first kappa shape index (κ1) is 14.5. The van der Waals surface area contributed by atoms with Gasteiger partial charge < -0.3 is 10.1 Å². The SMILES string of the molecule is Cn1c(=O)[nH]cc(CCN2[C@@H]3CCC[C@H]2CC(O)C3)c1=O. The van der Waals surface area contributed by atoms with Crippen LogP contribution in [0.5, 0.6) is 0 Å². The zero-order valence-corrected chi connectivity index (χ0v) is 12.4. The van der Waals surface area contributed by atoms with Gasteiger partial charge in [0, 0.05) is 37.4 Å². The van der Waals surface area contributed by atoms with Crippen LogP contribution in [0.25, 0.3) is 0 Å². The molecule has 0 aliphatic carbocycles. The number of H-pyrrole nitrogens is 1. The zero-order chi connectivity index (χ0) is 15.0. The van der Waals surface area contributed by atoms with Crippen molar-refractivity contribution in [3.05, 3.63) is 32.6 Å². The predicted molar refractivity (Wildman–Crippen MR) is 79.4 cm³/mol. The lowest BCUT2D eigenvalue weighted by Crippen LogP contribution is -2.54. The van der Waals surface area contributed by atoms with E-state index in [9.17, 15) is 14.7 Å². The molecule has 116 valence electrons. The fourth-order valence-electron chi connectivity index (χ4n) is 3.86. The molecular formula is C15H23N3O3. The Morgan fingerprint density at radius 3 is 2.62 bits per heavy atom. The lowest BCUT2D eigenvalue weighted by Gasteiger charge is -2.47. The molecule has 6 nitrogen and oxygen atoms in total. The second-order valence-electron chi connectivity index (χ2n) is 6.33. The molecule has 6 heteroatoms. The lowest BCUT2D eigenvalue weighted by atomic mass is 9.83. The molecule has 0 spiro atoms. The van der Waals surface area contributed by atoms with Crippen LogP contribution in [0, 0.1) is 0 Å². The first-order valence-corrected chi connectivity index (χ1v) is 7.77. The van der Waals surface area contributed by atoms with E-state index in [1.807, 2.05) is 0 Å². The van der Waals surface area contributed by atoms with E-state index in [1.54, 1.807) is 6.20 Å². The van der Waals surface area contributed by atoms with Crippen molar-refractivity contribution in [1.29, 1.82) is 0 Å². The van der Waals surface area contributed by atoms with Crippen LogP contribution in [-0.2, 0) is 13.5 Å². The number of nitrogens with one attached hydrogen (secondary N) is 1. The average molecular weight is 293 g/mol. The van der Waals surface area contributed by atoms with Crippen LogP contribution in [0.3, 0.4) is 0 Å². The lowest BCUT2D eigenvalue weighted by molar-refractivity contribution is -0.0255. The minimum absolute atomic E-state index is 0.169. The molecule has 3 rings (SSSR count). The number of fused-ring (bicyclic) bond motifs is 2. The van der Waals surface area contributed by atoms with Gasteiger partial charge in [0.15, 0.2) is 0 Å². The second kappa shape index (κ2) is 5.77. The van der Waals surface area contributed by atoms with Gasteiger partial charge in [0.2, 0.25) is 0 Å². The second-order valence-corrected chi connectivity index (χ2v) is 6.33. The van der Waals surface area contributed by atoms with Crippen LogP contribution < -0.4 is 11.2 Å². The Bertz CT molecular complexity index is 607. The minimum atomic E-state index is -0.373. The summed E-state index contributed by atoms with van der Waals surface area (Å²) >= 11 is 0. The molecule has 0 amide bonds. The van der Waals surface area contributed by atoms with Crippen molar-refractivity contribution in [3.63, 3.8) is 0 Å². The predicted octanol–water partition coefficient (Wildman–Crippen LogP) is -0.00610. The van der Waals surface area contributed by atoms with Gasteiger partial charge in [0.05, 0.1) is 6.10 Å². The Hall–Kier alpha value is -1.40. The van der Waals surface area contributed by atoms with Crippen LogP contribution in [0.2, 0.25) is 0 Å². The fourth-order valence-corrected chi connectivity index (χ4v) is 3.86. The summed E-state index contributed by atoms with van der Waals surface area (Å²) in [5.74, 6) is 0. The van der Waals surface area contributed by atoms with Crippen molar-refractivity contribution in [3.8, 4) is 0 Å². The summed E-state index contributed by atoms with van der Waals surface area (Å²) in [5.41, 5.74) is 0.0731. The smallest absolute Gasteiger partial charge is 0.328 e. The van der Waals surface area contributed by atoms with E-state index in [0.717, 1.165) is 36.8 Å². The molecule has 2 bridgehead atoms. The zero-order valence-electron chi connectivity index (χ0n) is 12.4. The Morgan fingerprint density at radius 1 is 1.29 bits per heavy atom. The molecule has 21 heavy (non-hydrogen) atoms. The molecule has 0 radical (unpaired) electrons. The normalized spacial score (nSPS) is 29.5. The summed E-state index contributed by atoms with van der Waals surface area (Å²) in [4.78, 5) is 28.5. The monoisotopic (exact) mass is 293 g/mol.